The lowest BCUT2D eigenvalue weighted by atomic mass is 9.81. The van der Waals surface area contributed by atoms with Gasteiger partial charge in [0.05, 0.1) is 6.10 Å². The van der Waals surface area contributed by atoms with Gasteiger partial charge >= 0.3 is 0 Å². The molecule has 4 nitrogen and oxygen atoms in total. The zero-order chi connectivity index (χ0) is 16.9. The van der Waals surface area contributed by atoms with Gasteiger partial charge in [-0.2, -0.15) is 5.26 Å². The number of benzene rings is 1. The molecule has 1 aromatic carbocycles. The lowest BCUT2D eigenvalue weighted by molar-refractivity contribution is 0.00721. The lowest BCUT2D eigenvalue weighted by Gasteiger charge is -2.31. The fourth-order valence-corrected chi connectivity index (χ4v) is 3.12. The molecule has 2 rings (SSSR count). The van der Waals surface area contributed by atoms with Crippen LogP contribution in [0.25, 0.3) is 0 Å². The lowest BCUT2D eigenvalue weighted by Crippen LogP contribution is -2.36. The van der Waals surface area contributed by atoms with E-state index in [9.17, 15) is 0 Å². The first-order chi connectivity index (χ1) is 10.9. The number of ether oxygens (including phenoxy) is 2. The summed E-state index contributed by atoms with van der Waals surface area (Å²) in [6, 6.07) is 9.98. The fourth-order valence-electron chi connectivity index (χ4n) is 3.12. The molecule has 0 aliphatic carbocycles. The van der Waals surface area contributed by atoms with E-state index in [4.69, 9.17) is 14.7 Å². The van der Waals surface area contributed by atoms with Crippen molar-refractivity contribution in [2.75, 3.05) is 13.2 Å². The van der Waals surface area contributed by atoms with Crippen molar-refractivity contribution in [2.45, 2.75) is 52.9 Å². The number of rotatable bonds is 6. The number of hydrogen-bond acceptors (Lipinski definition) is 4. The van der Waals surface area contributed by atoms with E-state index in [1.807, 2.05) is 24.3 Å². The zero-order valence-electron chi connectivity index (χ0n) is 14.6. The van der Waals surface area contributed by atoms with E-state index in [1.165, 1.54) is 5.56 Å². The zero-order valence-corrected chi connectivity index (χ0v) is 14.6. The molecule has 23 heavy (non-hydrogen) atoms. The van der Waals surface area contributed by atoms with Crippen LogP contribution in [0.5, 0.6) is 5.75 Å². The number of nitrogens with zero attached hydrogens (tertiary/aromatic N) is 1. The molecular weight excluding hydrogens is 288 g/mol. The first-order valence-corrected chi connectivity index (χ1v) is 8.37. The van der Waals surface area contributed by atoms with Crippen molar-refractivity contribution in [3.63, 3.8) is 0 Å². The van der Waals surface area contributed by atoms with Crippen LogP contribution in [0, 0.1) is 22.7 Å². The van der Waals surface area contributed by atoms with E-state index in [1.54, 1.807) is 6.92 Å². The Bertz CT molecular complexity index is 528. The molecule has 0 spiro atoms. The third-order valence-corrected chi connectivity index (χ3v) is 4.22. The third kappa shape index (κ3) is 5.23. The van der Waals surface area contributed by atoms with Gasteiger partial charge < -0.3 is 14.8 Å². The van der Waals surface area contributed by atoms with E-state index >= 15 is 0 Å². The van der Waals surface area contributed by atoms with Crippen LogP contribution in [0.4, 0.5) is 0 Å². The number of hydrogen-bond donors (Lipinski definition) is 1. The van der Waals surface area contributed by atoms with Crippen LogP contribution in [-0.4, -0.2) is 25.4 Å². The Morgan fingerprint density at radius 2 is 2.04 bits per heavy atom. The van der Waals surface area contributed by atoms with Gasteiger partial charge in [0, 0.05) is 25.6 Å². The monoisotopic (exact) mass is 316 g/mol. The maximum Gasteiger partial charge on any atom is 0.181 e. The minimum atomic E-state index is -0.421. The van der Waals surface area contributed by atoms with Crippen molar-refractivity contribution in [1.82, 2.24) is 5.32 Å². The highest BCUT2D eigenvalue weighted by molar-refractivity contribution is 5.27. The number of nitrogens with one attached hydrogen (secondary N) is 1. The molecule has 1 aromatic rings. The molecular formula is C19H28N2O2. The van der Waals surface area contributed by atoms with E-state index in [0.717, 1.165) is 31.9 Å². The van der Waals surface area contributed by atoms with Crippen molar-refractivity contribution in [2.24, 2.45) is 11.3 Å². The highest BCUT2D eigenvalue weighted by atomic mass is 16.5. The molecule has 0 bridgehead atoms. The summed E-state index contributed by atoms with van der Waals surface area (Å²) < 4.78 is 11.4. The maximum atomic E-state index is 8.75. The minimum absolute atomic E-state index is 0.194. The molecule has 3 atom stereocenters. The molecule has 1 aliphatic rings. The molecule has 4 heteroatoms. The molecule has 1 fully saturated rings. The molecule has 1 unspecified atom stereocenters. The highest BCUT2D eigenvalue weighted by Crippen LogP contribution is 2.34. The molecule has 1 saturated heterocycles. The summed E-state index contributed by atoms with van der Waals surface area (Å²) in [6.45, 7) is 11.2. The quantitative estimate of drug-likeness (QED) is 0.872. The third-order valence-electron chi connectivity index (χ3n) is 4.22. The van der Waals surface area contributed by atoms with Crippen molar-refractivity contribution < 1.29 is 9.47 Å². The van der Waals surface area contributed by atoms with E-state index in [-0.39, 0.29) is 5.41 Å². The Kier molecular flexibility index (Phi) is 6.04. The van der Waals surface area contributed by atoms with Crippen LogP contribution in [0.1, 0.15) is 39.7 Å². The van der Waals surface area contributed by atoms with Crippen LogP contribution in [-0.2, 0) is 11.3 Å². The van der Waals surface area contributed by atoms with Crippen LogP contribution in [0.15, 0.2) is 24.3 Å². The minimum Gasteiger partial charge on any atom is -0.476 e. The Morgan fingerprint density at radius 3 is 2.65 bits per heavy atom. The molecule has 1 heterocycles. The maximum absolute atomic E-state index is 8.75. The van der Waals surface area contributed by atoms with Crippen molar-refractivity contribution in [1.29, 1.82) is 5.26 Å². The first-order valence-electron chi connectivity index (χ1n) is 8.37. The summed E-state index contributed by atoms with van der Waals surface area (Å²) in [5, 5.41) is 12.3. The van der Waals surface area contributed by atoms with E-state index in [2.05, 4.69) is 32.2 Å². The standard InChI is InChI=1S/C19H28N2O2/c1-14(11-20)23-17-7-5-15(6-8-17)12-21-13-16-9-10-22-18(16)19(2,3)4/h5-8,14,16,18,21H,9-10,12-13H2,1-4H3/t14?,16-,18+/m1/s1. The van der Waals surface area contributed by atoms with Crippen molar-refractivity contribution in [3.8, 4) is 11.8 Å². The van der Waals surface area contributed by atoms with Gasteiger partial charge in [0.2, 0.25) is 0 Å². The van der Waals surface area contributed by atoms with Gasteiger partial charge in [-0.15, -0.1) is 0 Å². The summed E-state index contributed by atoms with van der Waals surface area (Å²) in [5.74, 6) is 1.31. The van der Waals surface area contributed by atoms with Crippen LogP contribution >= 0.6 is 0 Å². The summed E-state index contributed by atoms with van der Waals surface area (Å²) in [5.41, 5.74) is 1.41. The summed E-state index contributed by atoms with van der Waals surface area (Å²) in [4.78, 5) is 0. The van der Waals surface area contributed by atoms with Crippen LogP contribution in [0.2, 0.25) is 0 Å². The smallest absolute Gasteiger partial charge is 0.181 e. The van der Waals surface area contributed by atoms with Crippen LogP contribution < -0.4 is 10.1 Å². The Balaban J connectivity index is 1.79. The summed E-state index contributed by atoms with van der Waals surface area (Å²) in [6.07, 6.45) is 1.04. The molecule has 1 N–H and O–H groups in total. The second-order valence-corrected chi connectivity index (χ2v) is 7.37. The largest absolute Gasteiger partial charge is 0.476 e. The van der Waals surface area contributed by atoms with E-state index in [0.29, 0.717) is 12.0 Å². The summed E-state index contributed by atoms with van der Waals surface area (Å²) in [7, 11) is 0. The van der Waals surface area contributed by atoms with Gasteiger partial charge in [0.15, 0.2) is 6.10 Å². The second kappa shape index (κ2) is 7.81. The normalized spacial score (nSPS) is 22.6. The molecule has 0 aromatic heterocycles. The van der Waals surface area contributed by atoms with Crippen LogP contribution in [0.3, 0.4) is 0 Å². The average Bonchev–Trinajstić information content (AvgIpc) is 2.97. The Hall–Kier alpha value is -1.57. The molecule has 1 aliphatic heterocycles. The molecule has 0 radical (unpaired) electrons. The first kappa shape index (κ1) is 17.8. The predicted molar refractivity (Wildman–Crippen MR) is 91.2 cm³/mol. The van der Waals surface area contributed by atoms with Gasteiger partial charge in [-0.3, -0.25) is 0 Å². The van der Waals surface area contributed by atoms with Gasteiger partial charge in [-0.05, 0) is 36.5 Å². The van der Waals surface area contributed by atoms with E-state index < -0.39 is 6.10 Å². The SMILES string of the molecule is CC(C#N)Oc1ccc(CNC[C@H]2CCO[C@@H]2C(C)(C)C)cc1. The van der Waals surface area contributed by atoms with Gasteiger partial charge in [0.1, 0.15) is 11.8 Å². The van der Waals surface area contributed by atoms with Gasteiger partial charge in [0.25, 0.3) is 0 Å². The Morgan fingerprint density at radius 1 is 1.35 bits per heavy atom. The second-order valence-electron chi connectivity index (χ2n) is 7.37. The van der Waals surface area contributed by atoms with Gasteiger partial charge in [-0.1, -0.05) is 32.9 Å². The number of nitriles is 1. The molecule has 0 amide bonds. The van der Waals surface area contributed by atoms with Crippen molar-refractivity contribution >= 4 is 0 Å². The molecule has 0 saturated carbocycles. The topological polar surface area (TPSA) is 54.3 Å². The molecule has 126 valence electrons. The predicted octanol–water partition coefficient (Wildman–Crippen LogP) is 3.52. The summed E-state index contributed by atoms with van der Waals surface area (Å²) >= 11 is 0. The van der Waals surface area contributed by atoms with Gasteiger partial charge in [-0.25, -0.2) is 0 Å². The fraction of sp³-hybridized carbons (Fsp3) is 0.632. The van der Waals surface area contributed by atoms with Crippen molar-refractivity contribution in [3.05, 3.63) is 29.8 Å². The average molecular weight is 316 g/mol. The Labute approximate surface area is 139 Å². The highest BCUT2D eigenvalue weighted by Gasteiger charge is 2.36.